The number of fused-ring (bicyclic) bond motifs is 2. The van der Waals surface area contributed by atoms with Crippen LogP contribution in [0, 0.1) is 0 Å². The molecule has 4 rings (SSSR count). The Kier molecular flexibility index (Phi) is 4.08. The number of hydrogen-bond acceptors (Lipinski definition) is 4. The quantitative estimate of drug-likeness (QED) is 0.678. The molecule has 0 spiro atoms. The second-order valence-corrected chi connectivity index (χ2v) is 7.29. The van der Waals surface area contributed by atoms with Crippen LogP contribution in [0.3, 0.4) is 0 Å². The van der Waals surface area contributed by atoms with Gasteiger partial charge in [0.15, 0.2) is 11.5 Å². The molecule has 0 aliphatic heterocycles. The maximum atomic E-state index is 13.2. The summed E-state index contributed by atoms with van der Waals surface area (Å²) in [7, 11) is 0. The second-order valence-electron chi connectivity index (χ2n) is 7.29. The molecule has 1 N–H and O–H groups in total. The number of hydrogen-bond donors (Lipinski definition) is 1. The summed E-state index contributed by atoms with van der Waals surface area (Å²) in [5.41, 5.74) is 3.26. The first-order valence-electron chi connectivity index (χ1n) is 8.98. The molecule has 3 aromatic rings. The smallest absolute Gasteiger partial charge is 0.199 e. The maximum Gasteiger partial charge on any atom is 0.199 e. The molecule has 1 unspecified atom stereocenters. The highest BCUT2D eigenvalue weighted by molar-refractivity contribution is 6.15. The van der Waals surface area contributed by atoms with Gasteiger partial charge in [-0.05, 0) is 20.8 Å². The van der Waals surface area contributed by atoms with E-state index in [-0.39, 0.29) is 5.78 Å². The van der Waals surface area contributed by atoms with Crippen molar-refractivity contribution in [3.05, 3.63) is 88.1 Å². The third-order valence-corrected chi connectivity index (χ3v) is 5.34. The average molecular weight is 359 g/mol. The first-order chi connectivity index (χ1) is 12.9. The van der Waals surface area contributed by atoms with Gasteiger partial charge in [0, 0.05) is 23.1 Å². The van der Waals surface area contributed by atoms with Gasteiger partial charge < -0.3 is 9.63 Å². The Hall–Kier alpha value is -2.98. The van der Waals surface area contributed by atoms with Gasteiger partial charge in [-0.15, -0.1) is 0 Å². The second kappa shape index (κ2) is 6.32. The van der Waals surface area contributed by atoms with Gasteiger partial charge in [0.05, 0.1) is 5.56 Å². The zero-order valence-electron chi connectivity index (χ0n) is 15.6. The maximum absolute atomic E-state index is 13.2. The summed E-state index contributed by atoms with van der Waals surface area (Å²) in [6.45, 7) is 6.01. The van der Waals surface area contributed by atoms with Crippen molar-refractivity contribution in [2.75, 3.05) is 0 Å². The molecule has 4 nitrogen and oxygen atoms in total. The minimum atomic E-state index is -1.41. The molecule has 0 saturated carbocycles. The van der Waals surface area contributed by atoms with E-state index in [9.17, 15) is 9.90 Å². The normalized spacial score (nSPS) is 18.0. The highest BCUT2D eigenvalue weighted by Crippen LogP contribution is 2.46. The van der Waals surface area contributed by atoms with E-state index in [1.54, 1.807) is 12.1 Å². The molecule has 4 heteroatoms. The molecule has 0 bridgehead atoms. The molecule has 0 radical (unpaired) electrons. The predicted molar refractivity (Wildman–Crippen MR) is 103 cm³/mol. The van der Waals surface area contributed by atoms with Crippen LogP contribution in [0.1, 0.15) is 54.4 Å². The topological polar surface area (TPSA) is 63.3 Å². The van der Waals surface area contributed by atoms with E-state index in [1.807, 2.05) is 63.2 Å². The molecule has 0 amide bonds. The minimum absolute atomic E-state index is 0.166. The van der Waals surface area contributed by atoms with Gasteiger partial charge in [-0.2, -0.15) is 0 Å². The Morgan fingerprint density at radius 3 is 2.41 bits per heavy atom. The summed E-state index contributed by atoms with van der Waals surface area (Å²) >= 11 is 0. The van der Waals surface area contributed by atoms with Crippen molar-refractivity contribution in [1.29, 1.82) is 0 Å². The first-order valence-corrected chi connectivity index (χ1v) is 8.98. The molecular formula is C23H21NO3. The number of nitrogens with zero attached hydrogens (tertiary/aromatic N) is 1. The predicted octanol–water partition coefficient (Wildman–Crippen LogP) is 4.87. The average Bonchev–Trinajstić information content (AvgIpc) is 3.13. The van der Waals surface area contributed by atoms with Crippen LogP contribution >= 0.6 is 0 Å². The lowest BCUT2D eigenvalue weighted by Gasteiger charge is -2.33. The van der Waals surface area contributed by atoms with Crippen LogP contribution in [0.25, 0.3) is 11.3 Å². The Morgan fingerprint density at radius 2 is 1.70 bits per heavy atom. The number of aliphatic hydroxyl groups is 1. The summed E-state index contributed by atoms with van der Waals surface area (Å²) in [4.78, 5) is 13.2. The molecular weight excluding hydrogens is 338 g/mol. The Balaban J connectivity index is 1.99. The van der Waals surface area contributed by atoms with Crippen LogP contribution in [0.4, 0.5) is 0 Å². The van der Waals surface area contributed by atoms with Gasteiger partial charge in [-0.3, -0.25) is 4.79 Å². The fourth-order valence-corrected chi connectivity index (χ4v) is 3.61. The van der Waals surface area contributed by atoms with Gasteiger partial charge in [-0.25, -0.2) is 0 Å². The highest BCUT2D eigenvalue weighted by atomic mass is 16.5. The van der Waals surface area contributed by atoms with Crippen LogP contribution < -0.4 is 0 Å². The Bertz CT molecular complexity index is 1060. The number of carbonyl (C=O) groups excluding carboxylic acids is 1. The Morgan fingerprint density at radius 1 is 1.04 bits per heavy atom. The van der Waals surface area contributed by atoms with E-state index in [0.29, 0.717) is 34.6 Å². The summed E-state index contributed by atoms with van der Waals surface area (Å²) in [5, 5.41) is 15.9. The summed E-state index contributed by atoms with van der Waals surface area (Å²) < 4.78 is 5.60. The SMILES string of the molecule is CC(C)=C(C)CC1(O)c2ccccc2C(=O)c2c1noc2-c1ccccc1. The number of carbonyl (C=O) groups is 1. The van der Waals surface area contributed by atoms with E-state index < -0.39 is 5.60 Å². The fraction of sp³-hybridized carbons (Fsp3) is 0.217. The van der Waals surface area contributed by atoms with Crippen LogP contribution in [0.15, 0.2) is 70.3 Å². The Labute approximate surface area is 158 Å². The van der Waals surface area contributed by atoms with Crippen molar-refractivity contribution in [2.45, 2.75) is 32.8 Å². The van der Waals surface area contributed by atoms with Gasteiger partial charge in [0.2, 0.25) is 0 Å². The van der Waals surface area contributed by atoms with Crippen LogP contribution in [0.2, 0.25) is 0 Å². The zero-order chi connectivity index (χ0) is 19.2. The molecule has 0 saturated heterocycles. The van der Waals surface area contributed by atoms with E-state index in [4.69, 9.17) is 4.52 Å². The molecule has 136 valence electrons. The molecule has 27 heavy (non-hydrogen) atoms. The van der Waals surface area contributed by atoms with Crippen molar-refractivity contribution in [2.24, 2.45) is 0 Å². The number of benzene rings is 2. The number of ketones is 1. The van der Waals surface area contributed by atoms with E-state index >= 15 is 0 Å². The van der Waals surface area contributed by atoms with Crippen molar-refractivity contribution in [3.63, 3.8) is 0 Å². The lowest BCUT2D eigenvalue weighted by molar-refractivity contribution is 0.0655. The molecule has 1 aromatic heterocycles. The van der Waals surface area contributed by atoms with Gasteiger partial charge in [0.1, 0.15) is 11.3 Å². The molecule has 1 atom stereocenters. The monoisotopic (exact) mass is 359 g/mol. The van der Waals surface area contributed by atoms with Crippen molar-refractivity contribution in [1.82, 2.24) is 5.16 Å². The van der Waals surface area contributed by atoms with Crippen LogP contribution in [0.5, 0.6) is 0 Å². The number of allylic oxidation sites excluding steroid dienone is 1. The number of rotatable bonds is 3. The van der Waals surface area contributed by atoms with Gasteiger partial charge >= 0.3 is 0 Å². The molecule has 2 aromatic carbocycles. The summed E-state index contributed by atoms with van der Waals surface area (Å²) in [6.07, 6.45) is 0.355. The zero-order valence-corrected chi connectivity index (χ0v) is 15.6. The third-order valence-electron chi connectivity index (χ3n) is 5.34. The van der Waals surface area contributed by atoms with Gasteiger partial charge in [0.25, 0.3) is 0 Å². The minimum Gasteiger partial charge on any atom is -0.378 e. The first kappa shape index (κ1) is 17.4. The highest BCUT2D eigenvalue weighted by Gasteiger charge is 2.47. The van der Waals surface area contributed by atoms with Crippen molar-refractivity contribution in [3.8, 4) is 11.3 Å². The molecule has 1 aliphatic rings. The summed E-state index contributed by atoms with van der Waals surface area (Å²) in [6, 6.07) is 16.6. The molecule has 0 fully saturated rings. The van der Waals surface area contributed by atoms with Crippen LogP contribution in [-0.2, 0) is 5.60 Å². The van der Waals surface area contributed by atoms with Crippen LogP contribution in [-0.4, -0.2) is 16.0 Å². The largest absolute Gasteiger partial charge is 0.378 e. The third kappa shape index (κ3) is 2.64. The molecule has 1 aliphatic carbocycles. The van der Waals surface area contributed by atoms with Gasteiger partial charge in [-0.1, -0.05) is 70.9 Å². The standard InChI is InChI=1S/C23H21NO3/c1-14(2)15(3)13-23(26)18-12-8-7-11-17(18)20(25)19-21(27-24-22(19)23)16-9-5-4-6-10-16/h4-12,26H,13H2,1-3H3. The lowest BCUT2D eigenvalue weighted by Crippen LogP contribution is -2.36. The lowest BCUT2D eigenvalue weighted by atomic mass is 9.73. The summed E-state index contributed by atoms with van der Waals surface area (Å²) in [5.74, 6) is 0.235. The van der Waals surface area contributed by atoms with E-state index in [0.717, 1.165) is 16.7 Å². The van der Waals surface area contributed by atoms with Crippen molar-refractivity contribution >= 4 is 5.78 Å². The van der Waals surface area contributed by atoms with E-state index in [2.05, 4.69) is 5.16 Å². The van der Waals surface area contributed by atoms with Crippen molar-refractivity contribution < 1.29 is 14.4 Å². The molecule has 1 heterocycles. The van der Waals surface area contributed by atoms with E-state index in [1.165, 1.54) is 0 Å². The number of aromatic nitrogens is 1. The fourth-order valence-electron chi connectivity index (χ4n) is 3.61.